The van der Waals surface area contributed by atoms with Gasteiger partial charge in [-0.3, -0.25) is 4.79 Å². The van der Waals surface area contributed by atoms with E-state index in [0.717, 1.165) is 0 Å². The van der Waals surface area contributed by atoms with Gasteiger partial charge in [0.05, 0.1) is 5.60 Å². The van der Waals surface area contributed by atoms with Crippen LogP contribution in [0, 0.1) is 0 Å². The lowest BCUT2D eigenvalue weighted by Gasteiger charge is -2.35. The van der Waals surface area contributed by atoms with Gasteiger partial charge in [0, 0.05) is 13.1 Å². The third-order valence-electron chi connectivity index (χ3n) is 3.30. The largest absolute Gasteiger partial charge is 0.484 e. The van der Waals surface area contributed by atoms with Crippen LogP contribution in [0.2, 0.25) is 0 Å². The summed E-state index contributed by atoms with van der Waals surface area (Å²) in [4.78, 5) is 13.7. The van der Waals surface area contributed by atoms with Crippen LogP contribution < -0.4 is 4.74 Å². The Morgan fingerprint density at radius 3 is 2.56 bits per heavy atom. The van der Waals surface area contributed by atoms with Crippen molar-refractivity contribution in [1.29, 1.82) is 0 Å². The third-order valence-corrected chi connectivity index (χ3v) is 3.30. The standard InChI is InChI=1S/C14H19NO3/c1-14(17)7-9-15(10-8-14)13(16)11-18-12-5-3-2-4-6-12/h2-6,17H,7-11H2,1H3. The van der Waals surface area contributed by atoms with Gasteiger partial charge in [-0.05, 0) is 31.9 Å². The number of aliphatic hydroxyl groups is 1. The number of carbonyl (C=O) groups is 1. The van der Waals surface area contributed by atoms with Gasteiger partial charge in [-0.2, -0.15) is 0 Å². The number of ether oxygens (including phenoxy) is 1. The first-order valence-electron chi connectivity index (χ1n) is 6.25. The molecule has 0 radical (unpaired) electrons. The van der Waals surface area contributed by atoms with Crippen LogP contribution in [0.1, 0.15) is 19.8 Å². The van der Waals surface area contributed by atoms with Crippen LogP contribution in [0.4, 0.5) is 0 Å². The average Bonchev–Trinajstić information content (AvgIpc) is 2.37. The van der Waals surface area contributed by atoms with Crippen LogP contribution in [-0.2, 0) is 4.79 Å². The lowest BCUT2D eigenvalue weighted by atomic mass is 9.94. The average molecular weight is 249 g/mol. The number of hydrogen-bond donors (Lipinski definition) is 1. The number of likely N-dealkylation sites (tertiary alicyclic amines) is 1. The summed E-state index contributed by atoms with van der Waals surface area (Å²) in [6.45, 7) is 3.08. The molecule has 1 amide bonds. The van der Waals surface area contributed by atoms with E-state index in [1.165, 1.54) is 0 Å². The Balaban J connectivity index is 1.79. The molecule has 1 saturated heterocycles. The normalized spacial score (nSPS) is 18.4. The second-order valence-electron chi connectivity index (χ2n) is 4.98. The monoisotopic (exact) mass is 249 g/mol. The molecule has 1 N–H and O–H groups in total. The van der Waals surface area contributed by atoms with E-state index in [1.54, 1.807) is 4.90 Å². The molecular formula is C14H19NO3. The first-order valence-corrected chi connectivity index (χ1v) is 6.25. The molecule has 1 aromatic carbocycles. The quantitative estimate of drug-likeness (QED) is 0.882. The van der Waals surface area contributed by atoms with Crippen molar-refractivity contribution < 1.29 is 14.6 Å². The second-order valence-corrected chi connectivity index (χ2v) is 4.98. The number of hydrogen-bond acceptors (Lipinski definition) is 3. The highest BCUT2D eigenvalue weighted by atomic mass is 16.5. The molecule has 0 aliphatic carbocycles. The van der Waals surface area contributed by atoms with Gasteiger partial charge in [0.1, 0.15) is 5.75 Å². The molecule has 0 bridgehead atoms. The van der Waals surface area contributed by atoms with Gasteiger partial charge < -0.3 is 14.7 Å². The van der Waals surface area contributed by atoms with Gasteiger partial charge in [-0.15, -0.1) is 0 Å². The van der Waals surface area contributed by atoms with Crippen LogP contribution >= 0.6 is 0 Å². The number of piperidine rings is 1. The summed E-state index contributed by atoms with van der Waals surface area (Å²) in [5.41, 5.74) is -0.628. The summed E-state index contributed by atoms with van der Waals surface area (Å²) in [7, 11) is 0. The predicted molar refractivity (Wildman–Crippen MR) is 68.4 cm³/mol. The lowest BCUT2D eigenvalue weighted by molar-refractivity contribution is -0.137. The molecule has 0 unspecified atom stereocenters. The van der Waals surface area contributed by atoms with E-state index >= 15 is 0 Å². The molecule has 1 aliphatic heterocycles. The maximum atomic E-state index is 11.9. The zero-order valence-corrected chi connectivity index (χ0v) is 10.6. The summed E-state index contributed by atoms with van der Waals surface area (Å²) in [6.07, 6.45) is 1.26. The van der Waals surface area contributed by atoms with Gasteiger partial charge in [0.25, 0.3) is 5.91 Å². The highest BCUT2D eigenvalue weighted by molar-refractivity contribution is 5.77. The van der Waals surface area contributed by atoms with E-state index in [9.17, 15) is 9.90 Å². The molecule has 4 nitrogen and oxygen atoms in total. The van der Waals surface area contributed by atoms with Crippen LogP contribution in [0.3, 0.4) is 0 Å². The number of benzene rings is 1. The van der Waals surface area contributed by atoms with Crippen molar-refractivity contribution in [3.05, 3.63) is 30.3 Å². The molecule has 98 valence electrons. The minimum atomic E-state index is -0.628. The Kier molecular flexibility index (Phi) is 3.87. The van der Waals surface area contributed by atoms with E-state index in [0.29, 0.717) is 31.7 Å². The second kappa shape index (κ2) is 5.40. The van der Waals surface area contributed by atoms with Gasteiger partial charge >= 0.3 is 0 Å². The highest BCUT2D eigenvalue weighted by Gasteiger charge is 2.29. The van der Waals surface area contributed by atoms with Crippen LogP contribution in [0.25, 0.3) is 0 Å². The summed E-state index contributed by atoms with van der Waals surface area (Å²) >= 11 is 0. The molecule has 1 fully saturated rings. The van der Waals surface area contributed by atoms with Crippen LogP contribution in [0.15, 0.2) is 30.3 Å². The maximum Gasteiger partial charge on any atom is 0.260 e. The summed E-state index contributed by atoms with van der Waals surface area (Å²) in [5.74, 6) is 0.684. The number of carbonyl (C=O) groups excluding carboxylic acids is 1. The van der Waals surface area contributed by atoms with E-state index in [2.05, 4.69) is 0 Å². The fraction of sp³-hybridized carbons (Fsp3) is 0.500. The SMILES string of the molecule is CC1(O)CCN(C(=O)COc2ccccc2)CC1. The summed E-state index contributed by atoms with van der Waals surface area (Å²) in [6, 6.07) is 9.31. The van der Waals surface area contributed by atoms with E-state index < -0.39 is 5.60 Å². The van der Waals surface area contributed by atoms with Crippen molar-refractivity contribution in [1.82, 2.24) is 4.90 Å². The van der Waals surface area contributed by atoms with Crippen LogP contribution in [-0.4, -0.2) is 41.2 Å². The Morgan fingerprint density at radius 2 is 1.94 bits per heavy atom. The molecule has 0 aromatic heterocycles. The first-order chi connectivity index (χ1) is 8.57. The van der Waals surface area contributed by atoms with Crippen molar-refractivity contribution in [2.45, 2.75) is 25.4 Å². The fourth-order valence-electron chi connectivity index (χ4n) is 1.99. The molecule has 1 heterocycles. The predicted octanol–water partition coefficient (Wildman–Crippen LogP) is 1.44. The summed E-state index contributed by atoms with van der Waals surface area (Å²) in [5, 5.41) is 9.81. The van der Waals surface area contributed by atoms with Crippen molar-refractivity contribution in [3.8, 4) is 5.75 Å². The number of rotatable bonds is 3. The van der Waals surface area contributed by atoms with E-state index in [4.69, 9.17) is 4.74 Å². The molecule has 0 spiro atoms. The van der Waals surface area contributed by atoms with Gasteiger partial charge in [-0.25, -0.2) is 0 Å². The van der Waals surface area contributed by atoms with Crippen LogP contribution in [0.5, 0.6) is 5.75 Å². The fourth-order valence-corrected chi connectivity index (χ4v) is 1.99. The Hall–Kier alpha value is -1.55. The lowest BCUT2D eigenvalue weighted by Crippen LogP contribution is -2.46. The van der Waals surface area contributed by atoms with Gasteiger partial charge in [0.2, 0.25) is 0 Å². The smallest absolute Gasteiger partial charge is 0.260 e. The zero-order valence-electron chi connectivity index (χ0n) is 10.6. The Morgan fingerprint density at radius 1 is 1.33 bits per heavy atom. The van der Waals surface area contributed by atoms with E-state index in [1.807, 2.05) is 37.3 Å². The minimum Gasteiger partial charge on any atom is -0.484 e. The third kappa shape index (κ3) is 3.47. The Labute approximate surface area is 107 Å². The zero-order chi connectivity index (χ0) is 13.0. The Bertz CT molecular complexity index is 393. The summed E-state index contributed by atoms with van der Waals surface area (Å²) < 4.78 is 5.42. The van der Waals surface area contributed by atoms with Gasteiger partial charge in [-0.1, -0.05) is 18.2 Å². The number of para-hydroxylation sites is 1. The van der Waals surface area contributed by atoms with Crippen molar-refractivity contribution in [2.24, 2.45) is 0 Å². The maximum absolute atomic E-state index is 11.9. The highest BCUT2D eigenvalue weighted by Crippen LogP contribution is 2.21. The van der Waals surface area contributed by atoms with Crippen molar-refractivity contribution in [2.75, 3.05) is 19.7 Å². The molecule has 1 aromatic rings. The molecule has 18 heavy (non-hydrogen) atoms. The van der Waals surface area contributed by atoms with E-state index in [-0.39, 0.29) is 12.5 Å². The first kappa shape index (κ1) is 12.9. The van der Waals surface area contributed by atoms with Crippen molar-refractivity contribution in [3.63, 3.8) is 0 Å². The van der Waals surface area contributed by atoms with Crippen molar-refractivity contribution >= 4 is 5.91 Å². The molecule has 1 aliphatic rings. The molecule has 2 rings (SSSR count). The molecule has 0 atom stereocenters. The number of amides is 1. The number of nitrogens with zero attached hydrogens (tertiary/aromatic N) is 1. The molecular weight excluding hydrogens is 230 g/mol. The molecule has 4 heteroatoms. The van der Waals surface area contributed by atoms with Gasteiger partial charge in [0.15, 0.2) is 6.61 Å². The minimum absolute atomic E-state index is 0.0191. The topological polar surface area (TPSA) is 49.8 Å². The molecule has 0 saturated carbocycles.